The summed E-state index contributed by atoms with van der Waals surface area (Å²) >= 11 is 0.965. The van der Waals surface area contributed by atoms with Gasteiger partial charge < -0.3 is 9.88 Å². The van der Waals surface area contributed by atoms with Gasteiger partial charge in [0.1, 0.15) is 6.54 Å². The zero-order chi connectivity index (χ0) is 22.8. The Kier molecular flexibility index (Phi) is 6.19. The highest BCUT2D eigenvalue weighted by molar-refractivity contribution is 8.18. The lowest BCUT2D eigenvalue weighted by atomic mass is 10.1. The summed E-state index contributed by atoms with van der Waals surface area (Å²) < 4.78 is 1.87. The molecule has 6 nitrogen and oxygen atoms in total. The molecule has 1 fully saturated rings. The lowest BCUT2D eigenvalue weighted by Crippen LogP contribution is -2.36. The van der Waals surface area contributed by atoms with Gasteiger partial charge in [-0.25, -0.2) is 0 Å². The average Bonchev–Trinajstić information content (AvgIpc) is 3.24. The van der Waals surface area contributed by atoms with E-state index in [1.807, 2.05) is 80.1 Å². The summed E-state index contributed by atoms with van der Waals surface area (Å²) in [7, 11) is 0. The van der Waals surface area contributed by atoms with Crippen molar-refractivity contribution >= 4 is 51.5 Å². The summed E-state index contributed by atoms with van der Waals surface area (Å²) in [6.07, 6.45) is 4.32. The van der Waals surface area contributed by atoms with Gasteiger partial charge in [-0.05, 0) is 61.9 Å². The van der Waals surface area contributed by atoms with Crippen LogP contribution in [0.15, 0.2) is 59.6 Å². The number of rotatable bonds is 6. The molecule has 4 rings (SSSR count). The Morgan fingerprint density at radius 3 is 2.69 bits per heavy atom. The van der Waals surface area contributed by atoms with Gasteiger partial charge in [0.05, 0.1) is 4.91 Å². The molecule has 1 aromatic heterocycles. The molecule has 1 aliphatic heterocycles. The van der Waals surface area contributed by atoms with Crippen molar-refractivity contribution in [2.24, 2.45) is 0 Å². The summed E-state index contributed by atoms with van der Waals surface area (Å²) in [6, 6.07) is 15.2. The number of fused-ring (bicyclic) bond motifs is 1. The first-order valence-electron chi connectivity index (χ1n) is 10.6. The van der Waals surface area contributed by atoms with Gasteiger partial charge in [-0.1, -0.05) is 37.3 Å². The molecule has 3 amide bonds. The second-order valence-corrected chi connectivity index (χ2v) is 8.95. The molecular formula is C25H25N3O3S. The first kappa shape index (κ1) is 21.9. The highest BCUT2D eigenvalue weighted by Gasteiger charge is 2.37. The molecule has 1 atom stereocenters. The molecule has 1 N–H and O–H groups in total. The van der Waals surface area contributed by atoms with Crippen LogP contribution in [0.3, 0.4) is 0 Å². The van der Waals surface area contributed by atoms with Crippen LogP contribution >= 0.6 is 11.8 Å². The van der Waals surface area contributed by atoms with Crippen LogP contribution in [-0.4, -0.2) is 32.6 Å². The van der Waals surface area contributed by atoms with E-state index in [9.17, 15) is 14.4 Å². The molecule has 0 saturated carbocycles. The Morgan fingerprint density at radius 2 is 1.94 bits per heavy atom. The molecule has 7 heteroatoms. The van der Waals surface area contributed by atoms with Crippen LogP contribution in [0.5, 0.6) is 0 Å². The summed E-state index contributed by atoms with van der Waals surface area (Å²) in [5.74, 6) is -0.400. The highest BCUT2D eigenvalue weighted by atomic mass is 32.2. The van der Waals surface area contributed by atoms with Gasteiger partial charge in [0.2, 0.25) is 5.91 Å². The van der Waals surface area contributed by atoms with Gasteiger partial charge in [0.25, 0.3) is 11.1 Å². The normalized spacial score (nSPS) is 16.2. The van der Waals surface area contributed by atoms with Crippen molar-refractivity contribution in [1.29, 1.82) is 0 Å². The lowest BCUT2D eigenvalue weighted by molar-refractivity contribution is -0.124. The van der Waals surface area contributed by atoms with E-state index >= 15 is 0 Å². The second-order valence-electron chi connectivity index (χ2n) is 7.96. The third kappa shape index (κ3) is 4.34. The van der Waals surface area contributed by atoms with E-state index in [1.165, 1.54) is 4.90 Å². The van der Waals surface area contributed by atoms with Crippen molar-refractivity contribution in [1.82, 2.24) is 9.47 Å². The van der Waals surface area contributed by atoms with Crippen LogP contribution in [0, 0.1) is 6.92 Å². The van der Waals surface area contributed by atoms with Gasteiger partial charge in [-0.2, -0.15) is 0 Å². The Hall–Kier alpha value is -3.32. The molecule has 2 heterocycles. The molecule has 0 aliphatic carbocycles. The minimum atomic E-state index is -0.261. The van der Waals surface area contributed by atoms with E-state index in [-0.39, 0.29) is 29.6 Å². The van der Waals surface area contributed by atoms with Crippen LogP contribution in [0.4, 0.5) is 10.5 Å². The number of nitrogens with zero attached hydrogens (tertiary/aromatic N) is 2. The number of nitrogens with one attached hydrogen (secondary N) is 1. The fourth-order valence-electron chi connectivity index (χ4n) is 3.78. The topological polar surface area (TPSA) is 71.4 Å². The Bertz CT molecular complexity index is 1240. The van der Waals surface area contributed by atoms with Crippen molar-refractivity contribution in [3.8, 4) is 0 Å². The van der Waals surface area contributed by atoms with Crippen molar-refractivity contribution in [2.75, 3.05) is 5.32 Å². The summed E-state index contributed by atoms with van der Waals surface area (Å²) in [4.78, 5) is 39.6. The molecule has 0 radical (unpaired) electrons. The second kappa shape index (κ2) is 9.04. The quantitative estimate of drug-likeness (QED) is 0.512. The Morgan fingerprint density at radius 1 is 1.16 bits per heavy atom. The number of anilines is 1. The number of hydrogen-bond donors (Lipinski definition) is 1. The maximum absolute atomic E-state index is 12.8. The number of hydrogen-bond acceptors (Lipinski definition) is 4. The van der Waals surface area contributed by atoms with E-state index in [2.05, 4.69) is 5.32 Å². The molecule has 2 aromatic carbocycles. The third-order valence-electron chi connectivity index (χ3n) is 5.58. The van der Waals surface area contributed by atoms with Crippen LogP contribution in [0.2, 0.25) is 0 Å². The number of carbonyl (C=O) groups is 3. The smallest absolute Gasteiger partial charge is 0.293 e. The van der Waals surface area contributed by atoms with E-state index in [4.69, 9.17) is 0 Å². The molecule has 1 aliphatic rings. The van der Waals surface area contributed by atoms with Gasteiger partial charge in [0.15, 0.2) is 0 Å². The predicted octanol–water partition coefficient (Wildman–Crippen LogP) is 5.42. The van der Waals surface area contributed by atoms with Crippen LogP contribution in [0.1, 0.15) is 31.4 Å². The summed E-state index contributed by atoms with van der Waals surface area (Å²) in [5.41, 5.74) is 3.52. The number of thioether (sulfide) groups is 1. The molecule has 32 heavy (non-hydrogen) atoms. The van der Waals surface area contributed by atoms with Crippen molar-refractivity contribution in [2.45, 2.75) is 39.8 Å². The van der Waals surface area contributed by atoms with Gasteiger partial charge in [0, 0.05) is 34.4 Å². The monoisotopic (exact) mass is 447 g/mol. The number of aromatic nitrogens is 1. The molecule has 164 valence electrons. The largest absolute Gasteiger partial charge is 0.337 e. The summed E-state index contributed by atoms with van der Waals surface area (Å²) in [6.45, 7) is 5.94. The maximum Gasteiger partial charge on any atom is 0.293 e. The number of benzene rings is 2. The first-order valence-corrected chi connectivity index (χ1v) is 11.4. The zero-order valence-corrected chi connectivity index (χ0v) is 19.1. The fraction of sp³-hybridized carbons (Fsp3) is 0.240. The predicted molar refractivity (Wildman–Crippen MR) is 129 cm³/mol. The number of para-hydroxylation sites is 1. The summed E-state index contributed by atoms with van der Waals surface area (Å²) in [5, 5.41) is 3.61. The van der Waals surface area contributed by atoms with Gasteiger partial charge in [-0.3, -0.25) is 19.3 Å². The van der Waals surface area contributed by atoms with Crippen molar-refractivity contribution in [3.05, 3.63) is 70.8 Å². The lowest BCUT2D eigenvalue weighted by Gasteiger charge is -2.19. The van der Waals surface area contributed by atoms with E-state index in [1.54, 1.807) is 6.08 Å². The Labute approximate surface area is 191 Å². The van der Waals surface area contributed by atoms with E-state index in [0.717, 1.165) is 39.5 Å². The number of carbonyl (C=O) groups excluding carboxylic acids is 3. The standard InChI is InChI=1S/C25H25N3O3S/c1-4-17(3)28-24(30)22(32-25(28)31)13-18-14-27(21-11-6-5-10-20(18)21)15-23(29)26-19-9-7-8-16(2)12-19/h5-14,17H,4,15H2,1-3H3,(H,26,29)/b22-13+/t17-/m0/s1. The fourth-order valence-corrected chi connectivity index (χ4v) is 4.70. The SMILES string of the molecule is CC[C@H](C)N1C(=O)S/C(=C/c2cn(CC(=O)Nc3cccc(C)c3)c3ccccc23)C1=O. The number of amides is 3. The average molecular weight is 448 g/mol. The van der Waals surface area contributed by atoms with Crippen LogP contribution < -0.4 is 5.32 Å². The zero-order valence-electron chi connectivity index (χ0n) is 18.3. The molecule has 0 spiro atoms. The molecule has 0 bridgehead atoms. The van der Waals surface area contributed by atoms with Gasteiger partial charge in [-0.15, -0.1) is 0 Å². The van der Waals surface area contributed by atoms with Gasteiger partial charge >= 0.3 is 0 Å². The number of imide groups is 1. The molecular weight excluding hydrogens is 422 g/mol. The number of aryl methyl sites for hydroxylation is 1. The third-order valence-corrected chi connectivity index (χ3v) is 6.46. The van der Waals surface area contributed by atoms with Crippen LogP contribution in [0.25, 0.3) is 17.0 Å². The first-order chi connectivity index (χ1) is 15.4. The minimum Gasteiger partial charge on any atom is -0.337 e. The minimum absolute atomic E-state index is 0.136. The molecule has 3 aromatic rings. The Balaban J connectivity index is 1.62. The van der Waals surface area contributed by atoms with E-state index in [0.29, 0.717) is 11.3 Å². The van der Waals surface area contributed by atoms with E-state index < -0.39 is 0 Å². The molecule has 1 saturated heterocycles. The maximum atomic E-state index is 12.8. The highest BCUT2D eigenvalue weighted by Crippen LogP contribution is 2.35. The van der Waals surface area contributed by atoms with Crippen molar-refractivity contribution < 1.29 is 14.4 Å². The molecule has 0 unspecified atom stereocenters. The van der Waals surface area contributed by atoms with Crippen LogP contribution in [-0.2, 0) is 16.1 Å². The van der Waals surface area contributed by atoms with Crippen molar-refractivity contribution in [3.63, 3.8) is 0 Å².